The van der Waals surface area contributed by atoms with Gasteiger partial charge < -0.3 is 16.8 Å². The van der Waals surface area contributed by atoms with Crippen molar-refractivity contribution >= 4 is 50.5 Å². The van der Waals surface area contributed by atoms with E-state index in [9.17, 15) is 4.79 Å². The lowest BCUT2D eigenvalue weighted by Crippen LogP contribution is -2.13. The van der Waals surface area contributed by atoms with Gasteiger partial charge in [0.15, 0.2) is 0 Å². The highest BCUT2D eigenvalue weighted by Crippen LogP contribution is 2.30. The van der Waals surface area contributed by atoms with Crippen molar-refractivity contribution < 1.29 is 4.79 Å². The number of nitrogens with two attached hydrogens (primary N) is 2. The second-order valence-corrected chi connectivity index (χ2v) is 5.14. The Labute approximate surface area is 123 Å². The van der Waals surface area contributed by atoms with Crippen molar-refractivity contribution in [3.63, 3.8) is 0 Å². The summed E-state index contributed by atoms with van der Waals surface area (Å²) in [5.41, 5.74) is 13.2. The average Bonchev–Trinajstić information content (AvgIpc) is 2.33. The van der Waals surface area contributed by atoms with Gasteiger partial charge in [-0.1, -0.05) is 17.7 Å². The number of carbonyl (C=O) groups excluding carboxylic acids is 1. The molecule has 0 spiro atoms. The molecule has 19 heavy (non-hydrogen) atoms. The number of hydrogen-bond donors (Lipinski definition) is 3. The highest BCUT2D eigenvalue weighted by Gasteiger charge is 2.10. The molecule has 0 saturated carbocycles. The Morgan fingerprint density at radius 2 is 1.79 bits per heavy atom. The topological polar surface area (TPSA) is 81.1 Å². The first-order valence-electron chi connectivity index (χ1n) is 5.39. The number of nitrogens with one attached hydrogen (secondary N) is 1. The van der Waals surface area contributed by atoms with E-state index in [0.29, 0.717) is 32.1 Å². The summed E-state index contributed by atoms with van der Waals surface area (Å²) in [5.74, 6) is -0.304. The van der Waals surface area contributed by atoms with Crippen molar-refractivity contribution in [2.24, 2.45) is 0 Å². The standard InChI is InChI=1S/C13H11BrClN3O/c14-12-10(15)2-1-3-11(12)18-13(19)7-4-8(16)6-9(17)5-7/h1-6H,16-17H2,(H,18,19). The number of rotatable bonds is 2. The predicted molar refractivity (Wildman–Crippen MR) is 82.4 cm³/mol. The van der Waals surface area contributed by atoms with Crippen LogP contribution in [0.3, 0.4) is 0 Å². The van der Waals surface area contributed by atoms with Crippen molar-refractivity contribution in [3.8, 4) is 0 Å². The highest BCUT2D eigenvalue weighted by atomic mass is 79.9. The van der Waals surface area contributed by atoms with Crippen molar-refractivity contribution in [1.82, 2.24) is 0 Å². The normalized spacial score (nSPS) is 10.2. The third-order valence-electron chi connectivity index (χ3n) is 2.44. The third kappa shape index (κ3) is 3.19. The zero-order valence-corrected chi connectivity index (χ0v) is 12.1. The van der Waals surface area contributed by atoms with E-state index in [4.69, 9.17) is 23.1 Å². The molecule has 0 bridgehead atoms. The lowest BCUT2D eigenvalue weighted by molar-refractivity contribution is 0.102. The zero-order valence-electron chi connectivity index (χ0n) is 9.78. The summed E-state index contributed by atoms with van der Waals surface area (Å²) in [6, 6.07) is 9.92. The summed E-state index contributed by atoms with van der Waals surface area (Å²) in [5, 5.41) is 3.26. The molecule has 0 saturated heterocycles. The van der Waals surface area contributed by atoms with Crippen LogP contribution < -0.4 is 16.8 Å². The van der Waals surface area contributed by atoms with E-state index in [-0.39, 0.29) is 5.91 Å². The van der Waals surface area contributed by atoms with Gasteiger partial charge in [-0.05, 0) is 46.3 Å². The Morgan fingerprint density at radius 1 is 1.16 bits per heavy atom. The van der Waals surface area contributed by atoms with Gasteiger partial charge in [0.1, 0.15) is 0 Å². The molecule has 2 rings (SSSR count). The molecule has 0 fully saturated rings. The quantitative estimate of drug-likeness (QED) is 0.732. The molecule has 0 unspecified atom stereocenters. The molecule has 0 aliphatic heterocycles. The Kier molecular flexibility index (Phi) is 3.97. The third-order valence-corrected chi connectivity index (χ3v) is 3.84. The van der Waals surface area contributed by atoms with E-state index in [2.05, 4.69) is 21.2 Å². The number of nitrogen functional groups attached to an aromatic ring is 2. The fourth-order valence-corrected chi connectivity index (χ4v) is 2.14. The largest absolute Gasteiger partial charge is 0.399 e. The van der Waals surface area contributed by atoms with Crippen LogP contribution in [-0.2, 0) is 0 Å². The molecule has 6 heteroatoms. The fraction of sp³-hybridized carbons (Fsp3) is 0. The van der Waals surface area contributed by atoms with E-state index >= 15 is 0 Å². The minimum atomic E-state index is -0.304. The number of hydrogen-bond acceptors (Lipinski definition) is 3. The SMILES string of the molecule is Nc1cc(N)cc(C(=O)Nc2cccc(Cl)c2Br)c1. The van der Waals surface area contributed by atoms with Crippen molar-refractivity contribution in [2.45, 2.75) is 0 Å². The molecule has 2 aromatic carbocycles. The molecule has 0 radical (unpaired) electrons. The van der Waals surface area contributed by atoms with E-state index in [1.165, 1.54) is 0 Å². The Morgan fingerprint density at radius 3 is 2.42 bits per heavy atom. The highest BCUT2D eigenvalue weighted by molar-refractivity contribution is 9.10. The second kappa shape index (κ2) is 5.50. The maximum Gasteiger partial charge on any atom is 0.255 e. The first kappa shape index (κ1) is 13.7. The van der Waals surface area contributed by atoms with Gasteiger partial charge in [0.05, 0.1) is 15.2 Å². The van der Waals surface area contributed by atoms with Gasteiger partial charge in [0.2, 0.25) is 0 Å². The van der Waals surface area contributed by atoms with Crippen LogP contribution in [-0.4, -0.2) is 5.91 Å². The monoisotopic (exact) mass is 339 g/mol. The number of benzene rings is 2. The van der Waals surface area contributed by atoms with Crippen LogP contribution in [0.5, 0.6) is 0 Å². The molecule has 0 aliphatic carbocycles. The molecule has 98 valence electrons. The minimum absolute atomic E-state index is 0.304. The molecule has 0 aliphatic rings. The Bertz CT molecular complexity index is 626. The molecule has 2 aromatic rings. The smallest absolute Gasteiger partial charge is 0.255 e. The van der Waals surface area contributed by atoms with E-state index in [1.54, 1.807) is 36.4 Å². The predicted octanol–water partition coefficient (Wildman–Crippen LogP) is 3.52. The van der Waals surface area contributed by atoms with E-state index < -0.39 is 0 Å². The Balaban J connectivity index is 2.28. The van der Waals surface area contributed by atoms with Gasteiger partial charge in [0, 0.05) is 16.9 Å². The van der Waals surface area contributed by atoms with Gasteiger partial charge in [-0.3, -0.25) is 4.79 Å². The summed E-state index contributed by atoms with van der Waals surface area (Å²) < 4.78 is 0.627. The summed E-state index contributed by atoms with van der Waals surface area (Å²) in [6.45, 7) is 0. The number of amides is 1. The maximum absolute atomic E-state index is 12.1. The number of anilines is 3. The first-order chi connectivity index (χ1) is 8.97. The summed E-state index contributed by atoms with van der Waals surface area (Å²) >= 11 is 9.27. The molecule has 0 aromatic heterocycles. The lowest BCUT2D eigenvalue weighted by atomic mass is 10.1. The minimum Gasteiger partial charge on any atom is -0.399 e. The summed E-state index contributed by atoms with van der Waals surface area (Å²) in [4.78, 5) is 12.1. The first-order valence-corrected chi connectivity index (χ1v) is 6.56. The average molecular weight is 341 g/mol. The summed E-state index contributed by atoms with van der Waals surface area (Å²) in [6.07, 6.45) is 0. The second-order valence-electron chi connectivity index (χ2n) is 3.94. The van der Waals surface area contributed by atoms with E-state index in [1.807, 2.05) is 0 Å². The zero-order chi connectivity index (χ0) is 14.0. The van der Waals surface area contributed by atoms with Crippen molar-refractivity contribution in [1.29, 1.82) is 0 Å². The van der Waals surface area contributed by atoms with Crippen LogP contribution in [0.15, 0.2) is 40.9 Å². The van der Waals surface area contributed by atoms with Crippen molar-refractivity contribution in [3.05, 3.63) is 51.5 Å². The van der Waals surface area contributed by atoms with Crippen LogP contribution in [0.1, 0.15) is 10.4 Å². The van der Waals surface area contributed by atoms with Crippen molar-refractivity contribution in [2.75, 3.05) is 16.8 Å². The van der Waals surface area contributed by atoms with Gasteiger partial charge in [0.25, 0.3) is 5.91 Å². The fourth-order valence-electron chi connectivity index (χ4n) is 1.60. The van der Waals surface area contributed by atoms with E-state index in [0.717, 1.165) is 0 Å². The molecule has 0 atom stereocenters. The van der Waals surface area contributed by atoms with Gasteiger partial charge in [-0.15, -0.1) is 0 Å². The van der Waals surface area contributed by atoms with Gasteiger partial charge >= 0.3 is 0 Å². The van der Waals surface area contributed by atoms with Crippen LogP contribution in [0.25, 0.3) is 0 Å². The number of carbonyl (C=O) groups is 1. The molecule has 5 N–H and O–H groups in total. The molecule has 4 nitrogen and oxygen atoms in total. The molecular weight excluding hydrogens is 330 g/mol. The summed E-state index contributed by atoms with van der Waals surface area (Å²) in [7, 11) is 0. The van der Waals surface area contributed by atoms with Crippen LogP contribution in [0.4, 0.5) is 17.1 Å². The Hall–Kier alpha value is -1.72. The van der Waals surface area contributed by atoms with Gasteiger partial charge in [-0.2, -0.15) is 0 Å². The molecular formula is C13H11BrClN3O. The van der Waals surface area contributed by atoms with Crippen LogP contribution >= 0.6 is 27.5 Å². The molecule has 1 amide bonds. The lowest BCUT2D eigenvalue weighted by Gasteiger charge is -2.09. The van der Waals surface area contributed by atoms with Crippen LogP contribution in [0, 0.1) is 0 Å². The molecule has 0 heterocycles. The number of halogens is 2. The van der Waals surface area contributed by atoms with Crippen LogP contribution in [0.2, 0.25) is 5.02 Å². The van der Waals surface area contributed by atoms with Gasteiger partial charge in [-0.25, -0.2) is 0 Å². The maximum atomic E-state index is 12.1.